The second-order valence-electron chi connectivity index (χ2n) is 2.37. The zero-order valence-corrected chi connectivity index (χ0v) is 7.34. The van der Waals surface area contributed by atoms with Gasteiger partial charge in [-0.2, -0.15) is 0 Å². The van der Waals surface area contributed by atoms with E-state index in [0.717, 1.165) is 5.69 Å². The first-order chi connectivity index (χ1) is 5.70. The Morgan fingerprint density at radius 2 is 2.00 bits per heavy atom. The lowest BCUT2D eigenvalue weighted by Crippen LogP contribution is -2.22. The van der Waals surface area contributed by atoms with Crippen LogP contribution in [-0.4, -0.2) is 16.2 Å². The Labute approximate surface area is 77.2 Å². The van der Waals surface area contributed by atoms with Crippen molar-refractivity contribution in [3.05, 3.63) is 37.3 Å². The van der Waals surface area contributed by atoms with Crippen LogP contribution < -0.4 is 5.32 Å². The molecule has 0 heterocycles. The van der Waals surface area contributed by atoms with Crippen LogP contribution in [0.25, 0.3) is 0 Å². The van der Waals surface area contributed by atoms with Crippen LogP contribution in [0.5, 0.6) is 0 Å². The summed E-state index contributed by atoms with van der Waals surface area (Å²) < 4.78 is 0. The van der Waals surface area contributed by atoms with Crippen LogP contribution in [0.1, 0.15) is 0 Å². The largest absolute Gasteiger partial charge is 0.386 e. The van der Waals surface area contributed by atoms with E-state index in [1.54, 1.807) is 0 Å². The molecule has 0 fully saturated rings. The molecule has 0 amide bonds. The van der Waals surface area contributed by atoms with Crippen molar-refractivity contribution in [1.29, 1.82) is 0 Å². The quantitative estimate of drug-likeness (QED) is 0.678. The van der Waals surface area contributed by atoms with Gasteiger partial charge in [0.25, 0.3) is 0 Å². The molecule has 1 aromatic rings. The van der Waals surface area contributed by atoms with Gasteiger partial charge >= 0.3 is 0 Å². The summed E-state index contributed by atoms with van der Waals surface area (Å²) >= 11 is 4.84. The van der Waals surface area contributed by atoms with E-state index in [4.69, 9.17) is 17.3 Å². The number of aliphatic hydroxyl groups excluding tert-OH is 1. The molecule has 1 rings (SSSR count). The third-order valence-electron chi connectivity index (χ3n) is 1.34. The van der Waals surface area contributed by atoms with Crippen molar-refractivity contribution in [3.63, 3.8) is 0 Å². The fraction of sp³-hybridized carbons (Fsp3) is 0.111. The number of hydrogen-bond acceptors (Lipinski definition) is 2. The molecule has 2 nitrogen and oxygen atoms in total. The zero-order valence-electron chi connectivity index (χ0n) is 6.53. The molecule has 0 aromatic heterocycles. The number of aliphatic hydroxyl groups is 1. The van der Waals surface area contributed by atoms with Crippen LogP contribution >= 0.6 is 12.2 Å². The average Bonchev–Trinajstić information content (AvgIpc) is 2.06. The molecule has 1 unspecified atom stereocenters. The summed E-state index contributed by atoms with van der Waals surface area (Å²) in [6.45, 7) is 3.39. The van der Waals surface area contributed by atoms with Crippen molar-refractivity contribution >= 4 is 22.9 Å². The number of rotatable bonds is 2. The first-order valence-electron chi connectivity index (χ1n) is 3.57. The molecular formula is C9H10NOS. The van der Waals surface area contributed by atoms with Gasteiger partial charge in [-0.3, -0.25) is 0 Å². The normalized spacial score (nSPS) is 12.2. The molecule has 0 spiro atoms. The number of para-hydroxylation sites is 1. The molecule has 1 aromatic carbocycles. The van der Waals surface area contributed by atoms with E-state index in [0.29, 0.717) is 4.99 Å². The van der Waals surface area contributed by atoms with Gasteiger partial charge in [0.1, 0.15) is 11.1 Å². The predicted molar refractivity (Wildman–Crippen MR) is 54.0 cm³/mol. The third-order valence-corrected chi connectivity index (χ3v) is 1.72. The predicted octanol–water partition coefficient (Wildman–Crippen LogP) is 1.62. The maximum absolute atomic E-state index is 8.97. The van der Waals surface area contributed by atoms with Gasteiger partial charge in [-0.15, -0.1) is 0 Å². The van der Waals surface area contributed by atoms with Crippen molar-refractivity contribution in [3.8, 4) is 0 Å². The monoisotopic (exact) mass is 180 g/mol. The van der Waals surface area contributed by atoms with Gasteiger partial charge in [0.05, 0.1) is 0 Å². The molecule has 1 radical (unpaired) electrons. The van der Waals surface area contributed by atoms with Gasteiger partial charge in [0.15, 0.2) is 0 Å². The Morgan fingerprint density at radius 1 is 1.42 bits per heavy atom. The van der Waals surface area contributed by atoms with E-state index < -0.39 is 6.10 Å². The Kier molecular flexibility index (Phi) is 3.19. The maximum atomic E-state index is 8.97. The Hall–Kier alpha value is -0.930. The second-order valence-corrected chi connectivity index (χ2v) is 2.81. The molecule has 63 valence electrons. The lowest BCUT2D eigenvalue weighted by molar-refractivity contribution is 0.289. The molecule has 0 aliphatic carbocycles. The number of benzene rings is 1. The number of hydrogen-bond donors (Lipinski definition) is 2. The van der Waals surface area contributed by atoms with Crippen LogP contribution in [0.4, 0.5) is 5.69 Å². The molecule has 0 bridgehead atoms. The maximum Gasteiger partial charge on any atom is 0.109 e. The minimum absolute atomic E-state index is 0.334. The van der Waals surface area contributed by atoms with Crippen LogP contribution in [0.15, 0.2) is 30.3 Å². The standard InChI is InChI=1S/C9H10NOS/c1-7(11)9(12)10-8-5-3-2-4-6-8/h2-7,11H,1H2,(H,10,12). The van der Waals surface area contributed by atoms with E-state index in [2.05, 4.69) is 12.2 Å². The van der Waals surface area contributed by atoms with Crippen LogP contribution in [0.3, 0.4) is 0 Å². The number of anilines is 1. The van der Waals surface area contributed by atoms with Crippen LogP contribution in [0.2, 0.25) is 0 Å². The highest BCUT2D eigenvalue weighted by molar-refractivity contribution is 7.80. The van der Waals surface area contributed by atoms with Gasteiger partial charge in [0, 0.05) is 5.69 Å². The fourth-order valence-corrected chi connectivity index (χ4v) is 0.865. The molecule has 0 aliphatic rings. The highest BCUT2D eigenvalue weighted by atomic mass is 32.1. The fourth-order valence-electron chi connectivity index (χ4n) is 0.747. The lowest BCUT2D eigenvalue weighted by Gasteiger charge is -2.08. The van der Waals surface area contributed by atoms with Crippen molar-refractivity contribution < 1.29 is 5.11 Å². The minimum atomic E-state index is -0.847. The third kappa shape index (κ3) is 2.60. The van der Waals surface area contributed by atoms with Crippen LogP contribution in [-0.2, 0) is 0 Å². The van der Waals surface area contributed by atoms with Gasteiger partial charge in [-0.25, -0.2) is 0 Å². The highest BCUT2D eigenvalue weighted by Gasteiger charge is 2.02. The molecule has 12 heavy (non-hydrogen) atoms. The molecule has 3 heteroatoms. The minimum Gasteiger partial charge on any atom is -0.386 e. The van der Waals surface area contributed by atoms with Crippen LogP contribution in [0, 0.1) is 6.92 Å². The summed E-state index contributed by atoms with van der Waals surface area (Å²) in [6.07, 6.45) is -0.847. The lowest BCUT2D eigenvalue weighted by atomic mass is 10.3. The number of thiocarbonyl (C=S) groups is 1. The summed E-state index contributed by atoms with van der Waals surface area (Å²) in [7, 11) is 0. The van der Waals surface area contributed by atoms with Crippen molar-refractivity contribution in [2.24, 2.45) is 0 Å². The molecule has 0 saturated carbocycles. The van der Waals surface area contributed by atoms with E-state index in [-0.39, 0.29) is 0 Å². The second kappa shape index (κ2) is 4.18. The Balaban J connectivity index is 2.59. The van der Waals surface area contributed by atoms with Gasteiger partial charge in [-0.05, 0) is 19.1 Å². The van der Waals surface area contributed by atoms with E-state index in [9.17, 15) is 0 Å². The first kappa shape index (κ1) is 9.16. The molecule has 0 aliphatic heterocycles. The van der Waals surface area contributed by atoms with Crippen molar-refractivity contribution in [2.75, 3.05) is 5.32 Å². The van der Waals surface area contributed by atoms with Crippen molar-refractivity contribution in [2.45, 2.75) is 6.10 Å². The molecule has 0 saturated heterocycles. The summed E-state index contributed by atoms with van der Waals surface area (Å²) in [4.78, 5) is 0.334. The van der Waals surface area contributed by atoms with Crippen molar-refractivity contribution in [1.82, 2.24) is 0 Å². The summed E-state index contributed by atoms with van der Waals surface area (Å²) in [6, 6.07) is 9.43. The topological polar surface area (TPSA) is 32.3 Å². The van der Waals surface area contributed by atoms with E-state index >= 15 is 0 Å². The first-order valence-corrected chi connectivity index (χ1v) is 3.98. The Bertz CT molecular complexity index is 258. The summed E-state index contributed by atoms with van der Waals surface area (Å²) in [5, 5.41) is 11.8. The summed E-state index contributed by atoms with van der Waals surface area (Å²) in [5.41, 5.74) is 0.866. The van der Waals surface area contributed by atoms with Gasteiger partial charge in [-0.1, -0.05) is 30.4 Å². The number of nitrogens with one attached hydrogen (secondary N) is 1. The molecule has 2 N–H and O–H groups in total. The summed E-state index contributed by atoms with van der Waals surface area (Å²) in [5.74, 6) is 0. The molecule has 1 atom stereocenters. The van der Waals surface area contributed by atoms with Gasteiger partial charge in [0.2, 0.25) is 0 Å². The molecular weight excluding hydrogens is 170 g/mol. The zero-order chi connectivity index (χ0) is 8.97. The van der Waals surface area contributed by atoms with E-state index in [1.165, 1.54) is 0 Å². The van der Waals surface area contributed by atoms with E-state index in [1.807, 2.05) is 30.3 Å². The smallest absolute Gasteiger partial charge is 0.109 e. The highest BCUT2D eigenvalue weighted by Crippen LogP contribution is 2.05. The van der Waals surface area contributed by atoms with Gasteiger partial charge < -0.3 is 10.4 Å². The average molecular weight is 180 g/mol. The SMILES string of the molecule is [CH2]C(O)C(=S)Nc1ccccc1. The Morgan fingerprint density at radius 3 is 2.50 bits per heavy atom.